The molecule has 0 aliphatic carbocycles. The molecule has 1 rings (SSSR count). The highest BCUT2D eigenvalue weighted by Crippen LogP contribution is 2.24. The highest BCUT2D eigenvalue weighted by molar-refractivity contribution is 6.00. The quantitative estimate of drug-likeness (QED) is 0.851. The van der Waals surface area contributed by atoms with Crippen molar-refractivity contribution >= 4 is 11.7 Å². The second kappa shape index (κ2) is 6.78. The third-order valence-electron chi connectivity index (χ3n) is 2.83. The van der Waals surface area contributed by atoms with Gasteiger partial charge in [0.1, 0.15) is 11.5 Å². The van der Waals surface area contributed by atoms with Crippen LogP contribution < -0.4 is 14.8 Å². The molecule has 1 atom stereocenters. The van der Waals surface area contributed by atoms with Crippen molar-refractivity contribution in [3.63, 3.8) is 0 Å². The fraction of sp³-hybridized carbons (Fsp3) is 0.429. The average molecular weight is 265 g/mol. The number of hydrogen-bond acceptors (Lipinski definition) is 4. The second-order valence-corrected chi connectivity index (χ2v) is 4.08. The Morgan fingerprint density at radius 2 is 1.95 bits per heavy atom. The molecular weight excluding hydrogens is 246 g/mol. The number of carbonyl (C=O) groups is 2. The van der Waals surface area contributed by atoms with Gasteiger partial charge in [0.25, 0.3) is 5.91 Å². The Labute approximate surface area is 112 Å². The molecule has 1 aromatic rings. The third-order valence-corrected chi connectivity index (χ3v) is 2.83. The van der Waals surface area contributed by atoms with Crippen LogP contribution in [0.1, 0.15) is 30.6 Å². The standard InChI is InChI=1S/C14H19NO4/c1-5-12(16)9(2)15-14(17)11-7-6-10(18-3)8-13(11)19-4/h6-9H,5H2,1-4H3,(H,15,17). The summed E-state index contributed by atoms with van der Waals surface area (Å²) in [6, 6.07) is 4.39. The second-order valence-electron chi connectivity index (χ2n) is 4.08. The fourth-order valence-corrected chi connectivity index (χ4v) is 1.65. The van der Waals surface area contributed by atoms with Gasteiger partial charge in [-0.2, -0.15) is 0 Å². The predicted octanol–water partition coefficient (Wildman–Crippen LogP) is 1.80. The first-order valence-electron chi connectivity index (χ1n) is 6.09. The maximum atomic E-state index is 12.1. The number of benzene rings is 1. The first kappa shape index (κ1) is 15.0. The van der Waals surface area contributed by atoms with Crippen molar-refractivity contribution in [1.29, 1.82) is 0 Å². The number of carbonyl (C=O) groups excluding carboxylic acids is 2. The van der Waals surface area contributed by atoms with Crippen LogP contribution in [0, 0.1) is 0 Å². The summed E-state index contributed by atoms with van der Waals surface area (Å²) in [6.45, 7) is 3.43. The van der Waals surface area contributed by atoms with E-state index < -0.39 is 6.04 Å². The molecule has 0 bridgehead atoms. The van der Waals surface area contributed by atoms with E-state index in [1.807, 2.05) is 0 Å². The summed E-state index contributed by atoms with van der Waals surface area (Å²) in [5, 5.41) is 2.65. The molecule has 0 aromatic heterocycles. The van der Waals surface area contributed by atoms with Crippen molar-refractivity contribution in [3.8, 4) is 11.5 Å². The van der Waals surface area contributed by atoms with Gasteiger partial charge in [-0.05, 0) is 19.1 Å². The van der Waals surface area contributed by atoms with E-state index in [4.69, 9.17) is 9.47 Å². The lowest BCUT2D eigenvalue weighted by atomic mass is 10.1. The van der Waals surface area contributed by atoms with Crippen molar-refractivity contribution in [2.24, 2.45) is 0 Å². The summed E-state index contributed by atoms with van der Waals surface area (Å²) in [4.78, 5) is 23.5. The van der Waals surface area contributed by atoms with Gasteiger partial charge in [-0.1, -0.05) is 6.92 Å². The van der Waals surface area contributed by atoms with Crippen molar-refractivity contribution in [3.05, 3.63) is 23.8 Å². The first-order valence-corrected chi connectivity index (χ1v) is 6.09. The molecule has 0 aliphatic rings. The van der Waals surface area contributed by atoms with E-state index >= 15 is 0 Å². The van der Waals surface area contributed by atoms with Crippen LogP contribution in [0.4, 0.5) is 0 Å². The Balaban J connectivity index is 2.90. The maximum absolute atomic E-state index is 12.1. The molecular formula is C14H19NO4. The van der Waals surface area contributed by atoms with E-state index in [9.17, 15) is 9.59 Å². The summed E-state index contributed by atoms with van der Waals surface area (Å²) in [6.07, 6.45) is 0.390. The normalized spacial score (nSPS) is 11.6. The van der Waals surface area contributed by atoms with Crippen LogP contribution in [0.25, 0.3) is 0 Å². The molecule has 1 amide bonds. The van der Waals surface area contributed by atoms with Crippen LogP contribution in [0.3, 0.4) is 0 Å². The zero-order chi connectivity index (χ0) is 14.4. The monoisotopic (exact) mass is 265 g/mol. The van der Waals surface area contributed by atoms with Gasteiger partial charge < -0.3 is 14.8 Å². The Morgan fingerprint density at radius 1 is 1.26 bits per heavy atom. The SMILES string of the molecule is CCC(=O)C(C)NC(=O)c1ccc(OC)cc1OC. The molecule has 0 heterocycles. The zero-order valence-corrected chi connectivity index (χ0v) is 11.6. The summed E-state index contributed by atoms with van der Waals surface area (Å²) in [5.41, 5.74) is 0.374. The van der Waals surface area contributed by atoms with E-state index in [1.165, 1.54) is 14.2 Å². The number of rotatable bonds is 6. The topological polar surface area (TPSA) is 64.6 Å². The van der Waals surface area contributed by atoms with Gasteiger partial charge in [0, 0.05) is 12.5 Å². The molecule has 0 fully saturated rings. The van der Waals surface area contributed by atoms with E-state index in [2.05, 4.69) is 5.32 Å². The highest BCUT2D eigenvalue weighted by Gasteiger charge is 2.18. The molecule has 19 heavy (non-hydrogen) atoms. The Bertz CT molecular complexity index is 471. The Kier molecular flexibility index (Phi) is 5.36. The molecule has 1 unspecified atom stereocenters. The van der Waals surface area contributed by atoms with Gasteiger partial charge in [0.2, 0.25) is 0 Å². The predicted molar refractivity (Wildman–Crippen MR) is 71.8 cm³/mol. The van der Waals surface area contributed by atoms with E-state index in [-0.39, 0.29) is 11.7 Å². The van der Waals surface area contributed by atoms with Gasteiger partial charge in [0.15, 0.2) is 5.78 Å². The molecule has 0 saturated carbocycles. The third kappa shape index (κ3) is 3.71. The minimum Gasteiger partial charge on any atom is -0.497 e. The lowest BCUT2D eigenvalue weighted by molar-refractivity contribution is -0.120. The largest absolute Gasteiger partial charge is 0.497 e. The van der Waals surface area contributed by atoms with Gasteiger partial charge in [-0.3, -0.25) is 9.59 Å². The van der Waals surface area contributed by atoms with Crippen LogP contribution in [0.5, 0.6) is 11.5 Å². The number of hydrogen-bond donors (Lipinski definition) is 1. The number of ether oxygens (including phenoxy) is 2. The maximum Gasteiger partial charge on any atom is 0.255 e. The van der Waals surface area contributed by atoms with Crippen molar-refractivity contribution in [2.45, 2.75) is 26.3 Å². The zero-order valence-electron chi connectivity index (χ0n) is 11.6. The van der Waals surface area contributed by atoms with Crippen LogP contribution in [0.2, 0.25) is 0 Å². The van der Waals surface area contributed by atoms with Gasteiger partial charge in [0.05, 0.1) is 25.8 Å². The molecule has 5 nitrogen and oxygen atoms in total. The minimum absolute atomic E-state index is 0.0131. The molecule has 1 aromatic carbocycles. The Hall–Kier alpha value is -2.04. The van der Waals surface area contributed by atoms with Gasteiger partial charge in [-0.25, -0.2) is 0 Å². The van der Waals surface area contributed by atoms with Crippen molar-refractivity contribution in [1.82, 2.24) is 5.32 Å². The number of Topliss-reactive ketones (excluding diaryl/α,β-unsaturated/α-hetero) is 1. The van der Waals surface area contributed by atoms with E-state index in [0.717, 1.165) is 0 Å². The summed E-state index contributed by atoms with van der Waals surface area (Å²) in [5.74, 6) is 0.661. The van der Waals surface area contributed by atoms with Crippen molar-refractivity contribution in [2.75, 3.05) is 14.2 Å². The minimum atomic E-state index is -0.510. The van der Waals surface area contributed by atoms with Crippen LogP contribution in [0.15, 0.2) is 18.2 Å². The summed E-state index contributed by atoms with van der Waals surface area (Å²) in [7, 11) is 3.02. The van der Waals surface area contributed by atoms with Crippen molar-refractivity contribution < 1.29 is 19.1 Å². The molecule has 5 heteroatoms. The van der Waals surface area contributed by atoms with E-state index in [0.29, 0.717) is 23.5 Å². The van der Waals surface area contributed by atoms with Crippen LogP contribution in [-0.4, -0.2) is 32.0 Å². The average Bonchev–Trinajstić information content (AvgIpc) is 2.45. The number of ketones is 1. The smallest absolute Gasteiger partial charge is 0.255 e. The molecule has 0 aliphatic heterocycles. The molecule has 1 N–H and O–H groups in total. The Morgan fingerprint density at radius 3 is 2.47 bits per heavy atom. The van der Waals surface area contributed by atoms with Gasteiger partial charge in [-0.15, -0.1) is 0 Å². The number of nitrogens with one attached hydrogen (secondary N) is 1. The summed E-state index contributed by atoms with van der Waals surface area (Å²) < 4.78 is 10.2. The lowest BCUT2D eigenvalue weighted by Crippen LogP contribution is -2.38. The molecule has 0 saturated heterocycles. The number of methoxy groups -OCH3 is 2. The summed E-state index contributed by atoms with van der Waals surface area (Å²) >= 11 is 0. The highest BCUT2D eigenvalue weighted by atomic mass is 16.5. The molecule has 104 valence electrons. The first-order chi connectivity index (χ1) is 9.03. The molecule has 0 radical (unpaired) electrons. The van der Waals surface area contributed by atoms with E-state index in [1.54, 1.807) is 32.0 Å². The van der Waals surface area contributed by atoms with Gasteiger partial charge >= 0.3 is 0 Å². The lowest BCUT2D eigenvalue weighted by Gasteiger charge is -2.14. The number of amides is 1. The van der Waals surface area contributed by atoms with Crippen LogP contribution in [-0.2, 0) is 4.79 Å². The fourth-order valence-electron chi connectivity index (χ4n) is 1.65. The molecule has 0 spiro atoms. The van der Waals surface area contributed by atoms with Crippen LogP contribution >= 0.6 is 0 Å².